The Hall–Kier alpha value is -5.99. The van der Waals surface area contributed by atoms with Gasteiger partial charge in [-0.25, -0.2) is 9.59 Å². The molecule has 2 aliphatic heterocycles. The minimum Gasteiger partial charge on any atom is -0.456 e. The molecule has 0 unspecified atom stereocenters. The molecule has 71 heavy (non-hydrogen) atoms. The lowest BCUT2D eigenvalue weighted by Crippen LogP contribution is -2.78. The lowest BCUT2D eigenvalue weighted by molar-refractivity contribution is -0.325. The fourth-order valence-corrected chi connectivity index (χ4v) is 12.8. The predicted octanol–water partition coefficient (Wildman–Crippen LogP) is 8.89. The number of nitrogens with zero attached hydrogens (tertiary/aromatic N) is 1. The van der Waals surface area contributed by atoms with Gasteiger partial charge in [-0.2, -0.15) is 0 Å². The topological polar surface area (TPSA) is 164 Å². The number of hydrogen-bond acceptors (Lipinski definition) is 12. The zero-order chi connectivity index (χ0) is 51.1. The van der Waals surface area contributed by atoms with Gasteiger partial charge in [0.15, 0.2) is 18.0 Å². The van der Waals surface area contributed by atoms with Crippen molar-refractivity contribution in [3.8, 4) is 0 Å². The van der Waals surface area contributed by atoms with Gasteiger partial charge in [0.25, 0.3) is 5.91 Å². The van der Waals surface area contributed by atoms with Gasteiger partial charge >= 0.3 is 17.9 Å². The normalized spacial score (nSPS) is 32.8. The Morgan fingerprint density at radius 3 is 1.89 bits per heavy atom. The average Bonchev–Trinajstić information content (AvgIpc) is 3.63. The highest BCUT2D eigenvalue weighted by molar-refractivity contribution is 5.97. The molecule has 3 aliphatic carbocycles. The molecule has 9 rings (SSSR count). The molecule has 5 aliphatic rings. The van der Waals surface area contributed by atoms with Crippen LogP contribution in [-0.4, -0.2) is 94.2 Å². The van der Waals surface area contributed by atoms with Crippen molar-refractivity contribution < 1.29 is 57.5 Å². The van der Waals surface area contributed by atoms with E-state index in [0.29, 0.717) is 16.7 Å². The van der Waals surface area contributed by atoms with Crippen LogP contribution >= 0.6 is 0 Å². The number of aliphatic hydroxyl groups is 1. The summed E-state index contributed by atoms with van der Waals surface area (Å²) in [5, 5.41) is 14.2. The van der Waals surface area contributed by atoms with Gasteiger partial charge in [-0.3, -0.25) is 14.4 Å². The summed E-state index contributed by atoms with van der Waals surface area (Å²) in [4.78, 5) is 75.8. The molecule has 4 aromatic rings. The third-order valence-electron chi connectivity index (χ3n) is 16.6. The Labute approximate surface area is 415 Å². The molecule has 2 bridgehead atoms. The zero-order valence-corrected chi connectivity index (χ0v) is 42.2. The van der Waals surface area contributed by atoms with Crippen LogP contribution in [0.4, 0.5) is 0 Å². The SMILES string of the molecule is CC(=O)O[C@H]1C(=O)[C@]2(C)[C@@H](OC(C)(C)c3ccccc3)C[C@H]3OC[C@@]3(C)[C@H]2[C@H](OC(=O)c2ccccc2)[C@]2(O)C[C@H](OC(=O)[C@@H]3OC(C)(C)N(C(=O)c4ccccc4)[C@@H]3c3ccccc3)C(C)=C1C2(C)C. The van der Waals surface area contributed by atoms with Crippen LogP contribution in [0.1, 0.15) is 120 Å². The molecule has 1 N–H and O–H groups in total. The summed E-state index contributed by atoms with van der Waals surface area (Å²) in [7, 11) is 0. The summed E-state index contributed by atoms with van der Waals surface area (Å²) in [6.45, 7) is 17.6. The highest BCUT2D eigenvalue weighted by Gasteiger charge is 2.76. The number of Topliss-reactive ketones (excluding diaryl/α,β-unsaturated/α-hetero) is 1. The van der Waals surface area contributed by atoms with Crippen LogP contribution in [0.3, 0.4) is 0 Å². The van der Waals surface area contributed by atoms with Gasteiger partial charge in [-0.1, -0.05) is 118 Å². The molecule has 1 amide bonds. The molecule has 4 aromatic carbocycles. The van der Waals surface area contributed by atoms with Gasteiger partial charge in [0.05, 0.1) is 41.4 Å². The number of benzene rings is 4. The van der Waals surface area contributed by atoms with Crippen molar-refractivity contribution in [3.63, 3.8) is 0 Å². The minimum absolute atomic E-state index is 0.155. The van der Waals surface area contributed by atoms with Crippen molar-refractivity contribution in [2.45, 2.75) is 142 Å². The average molecular weight is 968 g/mol. The summed E-state index contributed by atoms with van der Waals surface area (Å²) in [5.74, 6) is -4.25. The predicted molar refractivity (Wildman–Crippen MR) is 261 cm³/mol. The largest absolute Gasteiger partial charge is 0.456 e. The number of amides is 1. The summed E-state index contributed by atoms with van der Waals surface area (Å²) < 4.78 is 39.7. The van der Waals surface area contributed by atoms with E-state index in [1.54, 1.807) is 101 Å². The van der Waals surface area contributed by atoms with E-state index < -0.39 is 105 Å². The molecule has 0 aromatic heterocycles. The van der Waals surface area contributed by atoms with Crippen molar-refractivity contribution in [3.05, 3.63) is 155 Å². The molecule has 13 heteroatoms. The van der Waals surface area contributed by atoms with Crippen molar-refractivity contribution in [1.29, 1.82) is 0 Å². The molecular formula is C58H65NO12. The van der Waals surface area contributed by atoms with Crippen molar-refractivity contribution in [2.75, 3.05) is 6.61 Å². The Morgan fingerprint density at radius 1 is 0.761 bits per heavy atom. The first-order valence-electron chi connectivity index (χ1n) is 24.6. The molecule has 2 saturated heterocycles. The fraction of sp³-hybridized carbons (Fsp3) is 0.466. The second kappa shape index (κ2) is 17.9. The maximum Gasteiger partial charge on any atom is 0.338 e. The number of carbonyl (C=O) groups excluding carboxylic acids is 5. The molecule has 13 nitrogen and oxygen atoms in total. The van der Waals surface area contributed by atoms with E-state index in [-0.39, 0.29) is 36.5 Å². The first-order chi connectivity index (χ1) is 33.5. The first-order valence-corrected chi connectivity index (χ1v) is 24.6. The van der Waals surface area contributed by atoms with Gasteiger partial charge < -0.3 is 38.4 Å². The number of fused-ring (bicyclic) bond motifs is 5. The minimum atomic E-state index is -2.15. The Morgan fingerprint density at radius 2 is 1.32 bits per heavy atom. The molecule has 0 radical (unpaired) electrons. The van der Waals surface area contributed by atoms with Crippen LogP contribution in [0, 0.1) is 22.2 Å². The van der Waals surface area contributed by atoms with E-state index >= 15 is 9.59 Å². The Kier molecular flexibility index (Phi) is 12.6. The molecule has 11 atom stereocenters. The summed E-state index contributed by atoms with van der Waals surface area (Å²) in [6.07, 6.45) is -7.24. The van der Waals surface area contributed by atoms with Crippen LogP contribution in [0.25, 0.3) is 0 Å². The second-order valence-electron chi connectivity index (χ2n) is 22.0. The lowest BCUT2D eigenvalue weighted by atomic mass is 9.42. The quantitative estimate of drug-likeness (QED) is 0.0914. The lowest BCUT2D eigenvalue weighted by Gasteiger charge is -2.68. The van der Waals surface area contributed by atoms with Gasteiger partial charge in [-0.05, 0) is 88.1 Å². The summed E-state index contributed by atoms with van der Waals surface area (Å²) in [6, 6.07) is 34.9. The monoisotopic (exact) mass is 967 g/mol. The van der Waals surface area contributed by atoms with E-state index in [4.69, 9.17) is 28.4 Å². The molecule has 2 saturated carbocycles. The molecular weight excluding hydrogens is 903 g/mol. The zero-order valence-electron chi connectivity index (χ0n) is 42.2. The van der Waals surface area contributed by atoms with Crippen LogP contribution < -0.4 is 0 Å². The number of esters is 3. The van der Waals surface area contributed by atoms with Gasteiger partial charge in [0, 0.05) is 42.1 Å². The van der Waals surface area contributed by atoms with Crippen molar-refractivity contribution in [2.24, 2.45) is 22.2 Å². The maximum absolute atomic E-state index is 16.4. The molecule has 4 fully saturated rings. The van der Waals surface area contributed by atoms with E-state index in [1.807, 2.05) is 87.5 Å². The third kappa shape index (κ3) is 8.13. The Balaban J connectivity index is 1.21. The number of ketones is 1. The van der Waals surface area contributed by atoms with Gasteiger partial charge in [-0.15, -0.1) is 0 Å². The van der Waals surface area contributed by atoms with Gasteiger partial charge in [0.1, 0.15) is 23.5 Å². The number of carbonyl (C=O) groups is 5. The van der Waals surface area contributed by atoms with Crippen LogP contribution in [-0.2, 0) is 48.4 Å². The number of rotatable bonds is 10. The molecule has 0 spiro atoms. The Bertz CT molecular complexity index is 2740. The van der Waals surface area contributed by atoms with E-state index in [2.05, 4.69) is 0 Å². The molecule has 2 heterocycles. The highest BCUT2D eigenvalue weighted by Crippen LogP contribution is 2.67. The fourth-order valence-electron chi connectivity index (χ4n) is 12.8. The van der Waals surface area contributed by atoms with Crippen LogP contribution in [0.2, 0.25) is 0 Å². The van der Waals surface area contributed by atoms with Crippen molar-refractivity contribution in [1.82, 2.24) is 4.90 Å². The maximum atomic E-state index is 16.4. The van der Waals surface area contributed by atoms with Gasteiger partial charge in [0.2, 0.25) is 0 Å². The summed E-state index contributed by atoms with van der Waals surface area (Å²) >= 11 is 0. The van der Waals surface area contributed by atoms with E-state index in [1.165, 1.54) is 6.92 Å². The molecule has 374 valence electrons. The van der Waals surface area contributed by atoms with E-state index in [9.17, 15) is 19.5 Å². The first kappa shape index (κ1) is 50.0. The number of ether oxygens (including phenoxy) is 6. The number of hydrogen-bond donors (Lipinski definition) is 1. The standard InChI is InChI=1S/C58H65NO12/c1-34-40(68-52(64)46-44(36-23-15-11-16-24-36)59(55(7,8)71-46)50(62)37-25-17-12-18-26-37)32-58(65)49(69-51(63)38-27-19-13-20-28-38)47-56(9)33-66-41(56)31-42(70-54(5,6)39-29-21-14-22-30-39)57(47,10)48(61)45(67-35(2)60)43(34)53(58,3)4/h11-30,40-42,44-47,49,65H,31-33H2,1-10H3/t40-,41+,42-,44+,45+,46+,47+,49-,56+,57+,58+/m0/s1. The summed E-state index contributed by atoms with van der Waals surface area (Å²) in [5.41, 5.74) is -5.81. The van der Waals surface area contributed by atoms with Crippen LogP contribution in [0.15, 0.2) is 132 Å². The van der Waals surface area contributed by atoms with Crippen LogP contribution in [0.5, 0.6) is 0 Å². The second-order valence-corrected chi connectivity index (χ2v) is 22.0. The highest BCUT2D eigenvalue weighted by atomic mass is 16.6. The van der Waals surface area contributed by atoms with E-state index in [0.717, 1.165) is 5.56 Å². The smallest absolute Gasteiger partial charge is 0.338 e. The third-order valence-corrected chi connectivity index (χ3v) is 16.6. The van der Waals surface area contributed by atoms with Crippen molar-refractivity contribution >= 4 is 29.6 Å².